The van der Waals surface area contributed by atoms with E-state index in [0.29, 0.717) is 11.5 Å². The summed E-state index contributed by atoms with van der Waals surface area (Å²) in [5.41, 5.74) is 5.66. The van der Waals surface area contributed by atoms with Crippen molar-refractivity contribution in [3.05, 3.63) is 46.1 Å². The Labute approximate surface area is 147 Å². The molecule has 0 radical (unpaired) electrons. The van der Waals surface area contributed by atoms with Crippen LogP contribution >= 0.6 is 23.1 Å². The molecule has 0 bridgehead atoms. The van der Waals surface area contributed by atoms with Gasteiger partial charge in [0.05, 0.1) is 21.7 Å². The molecule has 2 aromatic heterocycles. The number of fused-ring (bicyclic) bond motifs is 1. The van der Waals surface area contributed by atoms with Crippen LogP contribution in [0.1, 0.15) is 17.0 Å². The number of nitrogens with zero attached hydrogens (tertiary/aromatic N) is 3. The molecule has 1 amide bonds. The van der Waals surface area contributed by atoms with Crippen molar-refractivity contribution in [3.63, 3.8) is 0 Å². The van der Waals surface area contributed by atoms with Crippen molar-refractivity contribution in [2.45, 2.75) is 19.6 Å². The van der Waals surface area contributed by atoms with Crippen molar-refractivity contribution < 1.29 is 9.32 Å². The highest BCUT2D eigenvalue weighted by molar-refractivity contribution is 7.99. The van der Waals surface area contributed by atoms with E-state index in [2.05, 4.69) is 15.7 Å². The average Bonchev–Trinajstić information content (AvgIpc) is 3.07. The van der Waals surface area contributed by atoms with E-state index in [1.165, 1.54) is 11.8 Å². The zero-order valence-electron chi connectivity index (χ0n) is 13.7. The smallest absolute Gasteiger partial charge is 0.250 e. The number of carbonyl (C=O) groups excluding carboxylic acids is 1. The Morgan fingerprint density at radius 3 is 2.92 bits per heavy atom. The third-order valence-corrected chi connectivity index (χ3v) is 5.72. The van der Waals surface area contributed by atoms with Crippen molar-refractivity contribution in [2.75, 3.05) is 5.75 Å². The number of hydrogen-bond donors (Lipinski definition) is 1. The first-order valence-corrected chi connectivity index (χ1v) is 9.40. The first kappa shape index (κ1) is 16.8. The number of benzene rings is 1. The quantitative estimate of drug-likeness (QED) is 0.708. The van der Waals surface area contributed by atoms with Crippen LogP contribution in [0.2, 0.25) is 0 Å². The number of aryl methyl sites for hydroxylation is 3. The largest absolute Gasteiger partial charge is 0.361 e. The second kappa shape index (κ2) is 7.23. The molecule has 1 N–H and O–H groups in total. The van der Waals surface area contributed by atoms with Crippen molar-refractivity contribution in [1.82, 2.24) is 15.1 Å². The summed E-state index contributed by atoms with van der Waals surface area (Å²) in [6.07, 6.45) is 0. The van der Waals surface area contributed by atoms with Gasteiger partial charge in [-0.2, -0.15) is 0 Å². The molecule has 1 aromatic carbocycles. The highest BCUT2D eigenvalue weighted by Crippen LogP contribution is 2.19. The van der Waals surface area contributed by atoms with Crippen molar-refractivity contribution >= 4 is 39.2 Å². The summed E-state index contributed by atoms with van der Waals surface area (Å²) < 4.78 is 8.23. The van der Waals surface area contributed by atoms with Crippen LogP contribution in [-0.2, 0) is 17.6 Å². The van der Waals surface area contributed by atoms with Crippen LogP contribution in [0.5, 0.6) is 0 Å². The van der Waals surface area contributed by atoms with Crippen molar-refractivity contribution in [1.29, 1.82) is 0 Å². The lowest BCUT2D eigenvalue weighted by molar-refractivity contribution is -0.118. The Balaban J connectivity index is 1.59. The summed E-state index contributed by atoms with van der Waals surface area (Å²) in [5.74, 6) is 1.72. The first-order valence-electron chi connectivity index (χ1n) is 7.43. The number of para-hydroxylation sites is 1. The zero-order chi connectivity index (χ0) is 17.1. The number of nitrogens with one attached hydrogen (secondary N) is 1. The number of amides is 1. The Bertz CT molecular complexity index is 920. The minimum absolute atomic E-state index is 0.121. The van der Waals surface area contributed by atoms with Crippen molar-refractivity contribution in [2.24, 2.45) is 12.1 Å². The van der Waals surface area contributed by atoms with Gasteiger partial charge in [-0.05, 0) is 26.0 Å². The molecule has 24 heavy (non-hydrogen) atoms. The Kier molecular flexibility index (Phi) is 5.06. The maximum atomic E-state index is 12.0. The van der Waals surface area contributed by atoms with Gasteiger partial charge in [-0.3, -0.25) is 4.79 Å². The number of carbonyl (C=O) groups is 1. The summed E-state index contributed by atoms with van der Waals surface area (Å²) >= 11 is 3.06. The molecule has 0 aliphatic carbocycles. The van der Waals surface area contributed by atoms with Gasteiger partial charge in [-0.15, -0.1) is 16.9 Å². The standard InChI is InChI=1S/C16H18N4O2S2/c1-10-12(11(2)22-19-10)8-23-9-15(21)17-18-16-20(3)13-6-4-5-7-14(13)24-16/h4-7H,8-9H2,1-3H3,(H,17,21)/b18-16-. The molecule has 0 unspecified atom stereocenters. The van der Waals surface area contributed by atoms with Crippen LogP contribution in [0.15, 0.2) is 33.9 Å². The van der Waals surface area contributed by atoms with Gasteiger partial charge in [0.25, 0.3) is 0 Å². The van der Waals surface area contributed by atoms with E-state index in [4.69, 9.17) is 4.52 Å². The monoisotopic (exact) mass is 362 g/mol. The number of rotatable bonds is 5. The van der Waals surface area contributed by atoms with Gasteiger partial charge in [0.15, 0.2) is 0 Å². The second-order valence-electron chi connectivity index (χ2n) is 5.35. The van der Waals surface area contributed by atoms with Gasteiger partial charge >= 0.3 is 0 Å². The minimum Gasteiger partial charge on any atom is -0.361 e. The minimum atomic E-state index is -0.121. The average molecular weight is 362 g/mol. The highest BCUT2D eigenvalue weighted by atomic mass is 32.2. The van der Waals surface area contributed by atoms with Gasteiger partial charge in [0, 0.05) is 18.4 Å². The van der Waals surface area contributed by atoms with E-state index >= 15 is 0 Å². The van der Waals surface area contributed by atoms with E-state index in [1.807, 2.05) is 49.7 Å². The predicted octanol–water partition coefficient (Wildman–Crippen LogP) is 2.71. The Hall–Kier alpha value is -2.06. The first-order chi connectivity index (χ1) is 11.6. The molecular weight excluding hydrogens is 344 g/mol. The van der Waals surface area contributed by atoms with E-state index < -0.39 is 0 Å². The normalized spacial score (nSPS) is 12.0. The Morgan fingerprint density at radius 1 is 1.42 bits per heavy atom. The van der Waals surface area contributed by atoms with Crippen LogP contribution in [0, 0.1) is 13.8 Å². The molecule has 0 saturated carbocycles. The molecule has 126 valence electrons. The van der Waals surface area contributed by atoms with E-state index in [1.54, 1.807) is 11.3 Å². The topological polar surface area (TPSA) is 72.4 Å². The molecule has 0 aliphatic rings. The fourth-order valence-corrected chi connectivity index (χ4v) is 4.23. The fraction of sp³-hybridized carbons (Fsp3) is 0.312. The van der Waals surface area contributed by atoms with Gasteiger partial charge in [-0.1, -0.05) is 28.6 Å². The highest BCUT2D eigenvalue weighted by Gasteiger charge is 2.10. The van der Waals surface area contributed by atoms with Crippen LogP contribution in [0.25, 0.3) is 10.2 Å². The van der Waals surface area contributed by atoms with E-state index in [0.717, 1.165) is 32.0 Å². The van der Waals surface area contributed by atoms with E-state index in [9.17, 15) is 4.79 Å². The molecular formula is C16H18N4O2S2. The maximum Gasteiger partial charge on any atom is 0.250 e. The van der Waals surface area contributed by atoms with Gasteiger partial charge in [-0.25, -0.2) is 5.43 Å². The molecule has 3 aromatic rings. The molecule has 8 heteroatoms. The van der Waals surface area contributed by atoms with Crippen LogP contribution < -0.4 is 10.2 Å². The molecule has 2 heterocycles. The van der Waals surface area contributed by atoms with Crippen LogP contribution in [-0.4, -0.2) is 21.4 Å². The lowest BCUT2D eigenvalue weighted by atomic mass is 10.2. The number of thiazole rings is 1. The molecule has 3 rings (SSSR count). The fourth-order valence-electron chi connectivity index (χ4n) is 2.28. The number of thioether (sulfide) groups is 1. The Morgan fingerprint density at radius 2 is 2.21 bits per heavy atom. The number of aromatic nitrogens is 2. The summed E-state index contributed by atoms with van der Waals surface area (Å²) in [5, 5.41) is 8.14. The molecule has 0 saturated heterocycles. The van der Waals surface area contributed by atoms with Crippen LogP contribution in [0.4, 0.5) is 0 Å². The molecule has 0 atom stereocenters. The summed E-state index contributed by atoms with van der Waals surface area (Å²) in [4.78, 5) is 12.7. The molecule has 0 aliphatic heterocycles. The summed E-state index contributed by atoms with van der Waals surface area (Å²) in [7, 11) is 1.94. The van der Waals surface area contributed by atoms with Crippen LogP contribution in [0.3, 0.4) is 0 Å². The second-order valence-corrected chi connectivity index (χ2v) is 7.35. The molecule has 6 nitrogen and oxygen atoms in total. The SMILES string of the molecule is Cc1noc(C)c1CSCC(=O)N/N=c1\sc2ccccc2n1C. The third kappa shape index (κ3) is 3.54. The maximum absolute atomic E-state index is 12.0. The lowest BCUT2D eigenvalue weighted by Gasteiger charge is -2.00. The number of hydrogen-bond acceptors (Lipinski definition) is 6. The van der Waals surface area contributed by atoms with Gasteiger partial charge in [0.1, 0.15) is 5.76 Å². The zero-order valence-corrected chi connectivity index (χ0v) is 15.3. The molecule has 0 fully saturated rings. The molecule has 0 spiro atoms. The lowest BCUT2D eigenvalue weighted by Crippen LogP contribution is -2.24. The van der Waals surface area contributed by atoms with E-state index in [-0.39, 0.29) is 5.91 Å². The van der Waals surface area contributed by atoms with Gasteiger partial charge in [0.2, 0.25) is 10.7 Å². The third-order valence-electron chi connectivity index (χ3n) is 3.65. The summed E-state index contributed by atoms with van der Waals surface area (Å²) in [6.45, 7) is 3.79. The van der Waals surface area contributed by atoms with Crippen molar-refractivity contribution in [3.8, 4) is 0 Å². The summed E-state index contributed by atoms with van der Waals surface area (Å²) in [6, 6.07) is 8.06. The van der Waals surface area contributed by atoms with Gasteiger partial charge < -0.3 is 9.09 Å². The predicted molar refractivity (Wildman–Crippen MR) is 96.6 cm³/mol.